The summed E-state index contributed by atoms with van der Waals surface area (Å²) in [6.45, 7) is 2.31. The van der Waals surface area contributed by atoms with Crippen LogP contribution in [0.25, 0.3) is 0 Å². The fraction of sp³-hybridized carbons (Fsp3) is 0.273. The Bertz CT molecular complexity index is 664. The number of halogens is 1. The van der Waals surface area contributed by atoms with Crippen molar-refractivity contribution in [3.63, 3.8) is 0 Å². The molecule has 2 N–H and O–H groups in total. The van der Waals surface area contributed by atoms with Gasteiger partial charge in [-0.15, -0.1) is 0 Å². The van der Waals surface area contributed by atoms with E-state index in [4.69, 9.17) is 10.4 Å². The summed E-state index contributed by atoms with van der Waals surface area (Å²) >= 11 is 0. The van der Waals surface area contributed by atoms with Crippen LogP contribution in [0.15, 0.2) is 12.1 Å². The topological polar surface area (TPSA) is 107 Å². The van der Waals surface area contributed by atoms with Crippen LogP contribution in [-0.2, 0) is 14.8 Å². The van der Waals surface area contributed by atoms with Crippen molar-refractivity contribution in [2.75, 3.05) is 4.72 Å². The minimum atomic E-state index is -4.20. The number of hydrogen-bond acceptors (Lipinski definition) is 4. The second-order valence-corrected chi connectivity index (χ2v) is 5.87. The van der Waals surface area contributed by atoms with E-state index in [9.17, 15) is 17.6 Å². The summed E-state index contributed by atoms with van der Waals surface area (Å²) in [6, 6.07) is 3.79. The van der Waals surface area contributed by atoms with Crippen LogP contribution in [0.1, 0.15) is 18.1 Å². The summed E-state index contributed by atoms with van der Waals surface area (Å²) < 4.78 is 38.9. The number of nitriles is 1. The molecular formula is C11H11FN2O4S. The van der Waals surface area contributed by atoms with Gasteiger partial charge in [0.1, 0.15) is 5.82 Å². The maximum absolute atomic E-state index is 13.5. The molecular weight excluding hydrogens is 275 g/mol. The third kappa shape index (κ3) is 3.20. The van der Waals surface area contributed by atoms with Crippen LogP contribution in [0.3, 0.4) is 0 Å². The average molecular weight is 286 g/mol. The molecule has 19 heavy (non-hydrogen) atoms. The molecule has 0 saturated heterocycles. The molecule has 0 heterocycles. The molecule has 0 aliphatic rings. The first kappa shape index (κ1) is 14.9. The third-order valence-corrected chi connectivity index (χ3v) is 4.18. The first-order chi connectivity index (χ1) is 8.69. The first-order valence-electron chi connectivity index (χ1n) is 5.13. The molecule has 0 spiro atoms. The van der Waals surface area contributed by atoms with Gasteiger partial charge >= 0.3 is 5.97 Å². The van der Waals surface area contributed by atoms with Gasteiger partial charge in [-0.1, -0.05) is 0 Å². The summed E-state index contributed by atoms with van der Waals surface area (Å²) in [5.41, 5.74) is -0.228. The van der Waals surface area contributed by atoms with Crippen molar-refractivity contribution in [2.24, 2.45) is 0 Å². The van der Waals surface area contributed by atoms with Gasteiger partial charge in [0, 0.05) is 5.56 Å². The number of nitrogens with zero attached hydrogens (tertiary/aromatic N) is 1. The fourth-order valence-electron chi connectivity index (χ4n) is 1.22. The Balaban J connectivity index is 3.24. The van der Waals surface area contributed by atoms with E-state index in [0.29, 0.717) is 0 Å². The Kier molecular flexibility index (Phi) is 4.11. The Morgan fingerprint density at radius 2 is 2.11 bits per heavy atom. The van der Waals surface area contributed by atoms with Crippen LogP contribution < -0.4 is 4.72 Å². The van der Waals surface area contributed by atoms with Gasteiger partial charge in [-0.2, -0.15) is 5.26 Å². The van der Waals surface area contributed by atoms with Gasteiger partial charge in [-0.05, 0) is 26.0 Å². The van der Waals surface area contributed by atoms with Gasteiger partial charge in [0.05, 0.1) is 17.3 Å². The van der Waals surface area contributed by atoms with Crippen LogP contribution in [0.5, 0.6) is 0 Å². The monoisotopic (exact) mass is 286 g/mol. The number of carboxylic acids is 1. The minimum absolute atomic E-state index is 0.0137. The zero-order valence-corrected chi connectivity index (χ0v) is 11.0. The predicted molar refractivity (Wildman–Crippen MR) is 65.5 cm³/mol. The summed E-state index contributed by atoms with van der Waals surface area (Å²) in [7, 11) is -4.20. The standard InChI is InChI=1S/C11H11FN2O4S/c1-6-9(12)3-8(5-13)4-10(6)14-19(17,18)7(2)11(15)16/h3-4,7,14H,1-2H3,(H,15,16). The van der Waals surface area contributed by atoms with Crippen molar-refractivity contribution in [2.45, 2.75) is 19.1 Å². The number of rotatable bonds is 4. The Labute approximate surface area is 109 Å². The van der Waals surface area contributed by atoms with E-state index < -0.39 is 27.1 Å². The molecule has 1 atom stereocenters. The lowest BCUT2D eigenvalue weighted by Gasteiger charge is -2.13. The molecule has 6 nitrogen and oxygen atoms in total. The van der Waals surface area contributed by atoms with E-state index in [-0.39, 0.29) is 16.8 Å². The fourth-order valence-corrected chi connectivity index (χ4v) is 2.18. The molecule has 0 fully saturated rings. The number of sulfonamides is 1. The second-order valence-electron chi connectivity index (χ2n) is 3.87. The van der Waals surface area contributed by atoms with Gasteiger partial charge in [0.25, 0.3) is 0 Å². The number of carboxylic acid groups (broad SMARTS) is 1. The maximum Gasteiger partial charge on any atom is 0.323 e. The van der Waals surface area contributed by atoms with Gasteiger partial charge in [-0.25, -0.2) is 12.8 Å². The summed E-state index contributed by atoms with van der Waals surface area (Å²) in [5.74, 6) is -2.28. The molecule has 0 aliphatic heterocycles. The van der Waals surface area contributed by atoms with Gasteiger partial charge in [-0.3, -0.25) is 9.52 Å². The highest BCUT2D eigenvalue weighted by Gasteiger charge is 2.28. The van der Waals surface area contributed by atoms with E-state index in [0.717, 1.165) is 19.1 Å². The smallest absolute Gasteiger partial charge is 0.323 e. The lowest BCUT2D eigenvalue weighted by molar-refractivity contribution is -0.136. The van der Waals surface area contributed by atoms with E-state index in [1.807, 2.05) is 4.72 Å². The number of benzene rings is 1. The largest absolute Gasteiger partial charge is 0.480 e. The van der Waals surface area contributed by atoms with E-state index in [1.54, 1.807) is 6.07 Å². The molecule has 0 radical (unpaired) electrons. The molecule has 0 saturated carbocycles. The second kappa shape index (κ2) is 5.24. The highest BCUT2D eigenvalue weighted by atomic mass is 32.2. The molecule has 8 heteroatoms. The third-order valence-electron chi connectivity index (χ3n) is 2.54. The van der Waals surface area contributed by atoms with Crippen molar-refractivity contribution in [1.29, 1.82) is 5.26 Å². The molecule has 0 bridgehead atoms. The van der Waals surface area contributed by atoms with Crippen LogP contribution in [0, 0.1) is 24.1 Å². The number of carbonyl (C=O) groups is 1. The summed E-state index contributed by atoms with van der Waals surface area (Å²) in [6.07, 6.45) is 0. The maximum atomic E-state index is 13.5. The Morgan fingerprint density at radius 1 is 1.53 bits per heavy atom. The first-order valence-corrected chi connectivity index (χ1v) is 6.68. The molecule has 1 unspecified atom stereocenters. The van der Waals surface area contributed by atoms with Crippen molar-refractivity contribution in [3.8, 4) is 6.07 Å². The molecule has 0 amide bonds. The molecule has 0 aromatic heterocycles. The Morgan fingerprint density at radius 3 is 2.58 bits per heavy atom. The summed E-state index contributed by atoms with van der Waals surface area (Å²) in [4.78, 5) is 10.7. The lowest BCUT2D eigenvalue weighted by atomic mass is 10.1. The number of aliphatic carboxylic acids is 1. The highest BCUT2D eigenvalue weighted by molar-refractivity contribution is 7.94. The van der Waals surface area contributed by atoms with Crippen molar-refractivity contribution in [1.82, 2.24) is 0 Å². The lowest BCUT2D eigenvalue weighted by Crippen LogP contribution is -2.32. The molecule has 0 aliphatic carbocycles. The molecule has 102 valence electrons. The zero-order chi connectivity index (χ0) is 14.8. The minimum Gasteiger partial charge on any atom is -0.480 e. The quantitative estimate of drug-likeness (QED) is 0.865. The van der Waals surface area contributed by atoms with Crippen LogP contribution >= 0.6 is 0 Å². The van der Waals surface area contributed by atoms with Crippen LogP contribution in [0.2, 0.25) is 0 Å². The highest BCUT2D eigenvalue weighted by Crippen LogP contribution is 2.22. The number of anilines is 1. The van der Waals surface area contributed by atoms with Gasteiger partial charge < -0.3 is 5.11 Å². The van der Waals surface area contributed by atoms with E-state index in [2.05, 4.69) is 0 Å². The number of hydrogen-bond donors (Lipinski definition) is 2. The Hall–Kier alpha value is -2.14. The van der Waals surface area contributed by atoms with Gasteiger partial charge in [0.2, 0.25) is 10.0 Å². The SMILES string of the molecule is Cc1c(F)cc(C#N)cc1NS(=O)(=O)C(C)C(=O)O. The normalized spacial score (nSPS) is 12.5. The van der Waals surface area contributed by atoms with Crippen molar-refractivity contribution in [3.05, 3.63) is 29.1 Å². The molecule has 1 aromatic rings. The van der Waals surface area contributed by atoms with Crippen LogP contribution in [0.4, 0.5) is 10.1 Å². The van der Waals surface area contributed by atoms with E-state index >= 15 is 0 Å². The van der Waals surface area contributed by atoms with Crippen molar-refractivity contribution < 1.29 is 22.7 Å². The molecule has 1 rings (SSSR count). The predicted octanol–water partition coefficient (Wildman–Crippen LogP) is 1.22. The number of nitrogens with one attached hydrogen (secondary N) is 1. The van der Waals surface area contributed by atoms with Crippen LogP contribution in [-0.4, -0.2) is 24.7 Å². The average Bonchev–Trinajstić information content (AvgIpc) is 2.33. The molecule has 1 aromatic carbocycles. The summed E-state index contributed by atoms with van der Waals surface area (Å²) in [5, 5.41) is 15.7. The van der Waals surface area contributed by atoms with Crippen molar-refractivity contribution >= 4 is 21.7 Å². The van der Waals surface area contributed by atoms with Gasteiger partial charge in [0.15, 0.2) is 5.25 Å². The van der Waals surface area contributed by atoms with E-state index in [1.165, 1.54) is 6.92 Å². The zero-order valence-electron chi connectivity index (χ0n) is 10.1.